The number of nitrogens with one attached hydrogen (secondary N) is 1. The molecular weight excluding hydrogens is 726 g/mol. The lowest BCUT2D eigenvalue weighted by Gasteiger charge is -2.13. The Kier molecular flexibility index (Phi) is 8.01. The van der Waals surface area contributed by atoms with Crippen LogP contribution in [-0.4, -0.2) is 35.0 Å². The second-order valence-corrected chi connectivity index (χ2v) is 12.5. The molecule has 4 rings (SSSR count). The van der Waals surface area contributed by atoms with Gasteiger partial charge in [0.15, 0.2) is 4.34 Å². The van der Waals surface area contributed by atoms with E-state index in [1.54, 1.807) is 18.2 Å². The fraction of sp³-hybridized carbons (Fsp3) is 0.238. The summed E-state index contributed by atoms with van der Waals surface area (Å²) < 4.78 is 3.92. The van der Waals surface area contributed by atoms with E-state index < -0.39 is 11.8 Å². The van der Waals surface area contributed by atoms with Gasteiger partial charge in [-0.05, 0) is 88.3 Å². The number of thioether (sulfide) groups is 1. The van der Waals surface area contributed by atoms with Crippen molar-refractivity contribution in [2.45, 2.75) is 24.1 Å². The van der Waals surface area contributed by atoms with Crippen LogP contribution in [0.5, 0.6) is 0 Å². The molecule has 3 aromatic rings. The van der Waals surface area contributed by atoms with E-state index >= 15 is 0 Å². The summed E-state index contributed by atoms with van der Waals surface area (Å²) in [7, 11) is 0. The highest BCUT2D eigenvalue weighted by molar-refractivity contribution is 9.15. The van der Waals surface area contributed by atoms with Crippen LogP contribution >= 0.6 is 86.8 Å². The van der Waals surface area contributed by atoms with Crippen LogP contribution in [0.25, 0.3) is 10.2 Å². The monoisotopic (exact) mass is 737 g/mol. The average Bonchev–Trinajstić information content (AvgIpc) is 3.32. The van der Waals surface area contributed by atoms with E-state index in [2.05, 4.69) is 80.9 Å². The highest BCUT2D eigenvalue weighted by atomic mass is 79.9. The summed E-state index contributed by atoms with van der Waals surface area (Å²) in [5.74, 6) is -0.537. The van der Waals surface area contributed by atoms with E-state index in [1.807, 2.05) is 0 Å². The molecule has 1 aromatic heterocycles. The Labute approximate surface area is 231 Å². The summed E-state index contributed by atoms with van der Waals surface area (Å²) in [6.45, 7) is 2.76. The van der Waals surface area contributed by atoms with Gasteiger partial charge in [0.25, 0.3) is 11.8 Å². The van der Waals surface area contributed by atoms with Crippen molar-refractivity contribution in [3.8, 4) is 0 Å². The fourth-order valence-electron chi connectivity index (χ4n) is 3.26. The van der Waals surface area contributed by atoms with Crippen molar-refractivity contribution >= 4 is 120 Å². The number of nitrogens with zero attached hydrogens (tertiary/aromatic N) is 2. The van der Waals surface area contributed by atoms with Crippen molar-refractivity contribution < 1.29 is 14.4 Å². The topological polar surface area (TPSA) is 79.4 Å². The van der Waals surface area contributed by atoms with Crippen molar-refractivity contribution in [3.05, 3.63) is 47.2 Å². The van der Waals surface area contributed by atoms with Crippen LogP contribution in [-0.2, 0) is 4.79 Å². The summed E-state index contributed by atoms with van der Waals surface area (Å²) in [5, 5.41) is 2.89. The van der Waals surface area contributed by atoms with Crippen LogP contribution in [0, 0.1) is 0 Å². The molecule has 1 N–H and O–H groups in total. The first-order valence-corrected chi connectivity index (χ1v) is 14.8. The highest BCUT2D eigenvalue weighted by Crippen LogP contribution is 2.46. The molecule has 0 fully saturated rings. The number of imide groups is 1. The number of aromatic nitrogens is 1. The number of carbonyl (C=O) groups is 3. The Hall–Kier alpha value is -0.790. The lowest BCUT2D eigenvalue weighted by atomic mass is 10.1. The molecule has 0 saturated heterocycles. The Bertz CT molecular complexity index is 1260. The van der Waals surface area contributed by atoms with Gasteiger partial charge in [0.2, 0.25) is 5.91 Å². The molecule has 0 bridgehead atoms. The number of halogens is 4. The van der Waals surface area contributed by atoms with Gasteiger partial charge in [-0.1, -0.05) is 25.1 Å². The number of thiazole rings is 1. The molecule has 0 aliphatic carbocycles. The maximum Gasteiger partial charge on any atom is 0.267 e. The molecule has 2 heterocycles. The normalized spacial score (nSPS) is 13.2. The van der Waals surface area contributed by atoms with Crippen LogP contribution in [0.15, 0.2) is 40.4 Å². The molecular formula is C21H15Br4N3O3S2. The minimum Gasteiger partial charge on any atom is -0.355 e. The molecule has 3 amide bonds. The number of hydrogen-bond donors (Lipinski definition) is 1. The van der Waals surface area contributed by atoms with E-state index in [9.17, 15) is 14.4 Å². The lowest BCUT2D eigenvalue weighted by molar-refractivity contribution is -0.118. The predicted octanol–water partition coefficient (Wildman–Crippen LogP) is 7.16. The zero-order valence-electron chi connectivity index (χ0n) is 17.0. The van der Waals surface area contributed by atoms with Crippen molar-refractivity contribution in [2.75, 3.05) is 17.2 Å². The minimum atomic E-state index is -0.405. The summed E-state index contributed by atoms with van der Waals surface area (Å²) in [5.41, 5.74) is 1.83. The molecule has 6 nitrogen and oxygen atoms in total. The second kappa shape index (κ2) is 10.4. The van der Waals surface area contributed by atoms with Crippen molar-refractivity contribution in [2.24, 2.45) is 0 Å². The number of hydrogen-bond acceptors (Lipinski definition) is 6. The van der Waals surface area contributed by atoms with Gasteiger partial charge in [0, 0.05) is 24.4 Å². The van der Waals surface area contributed by atoms with Gasteiger partial charge < -0.3 is 5.32 Å². The van der Waals surface area contributed by atoms with Crippen molar-refractivity contribution in [3.63, 3.8) is 0 Å². The molecule has 1 aliphatic heterocycles. The Morgan fingerprint density at radius 3 is 2.30 bits per heavy atom. The fourth-order valence-corrected chi connectivity index (χ4v) is 7.65. The molecule has 172 valence electrons. The molecule has 2 aromatic carbocycles. The molecule has 0 atom stereocenters. The smallest absolute Gasteiger partial charge is 0.267 e. The van der Waals surface area contributed by atoms with Crippen LogP contribution in [0.4, 0.5) is 5.69 Å². The number of benzene rings is 2. The van der Waals surface area contributed by atoms with Crippen LogP contribution < -0.4 is 10.2 Å². The van der Waals surface area contributed by atoms with E-state index in [1.165, 1.54) is 28.0 Å². The van der Waals surface area contributed by atoms with Gasteiger partial charge in [-0.25, -0.2) is 9.88 Å². The minimum absolute atomic E-state index is 0.0205. The number of fused-ring (bicyclic) bond motifs is 2. The number of carbonyl (C=O) groups excluding carboxylic acids is 3. The average molecular weight is 741 g/mol. The van der Waals surface area contributed by atoms with E-state index in [4.69, 9.17) is 0 Å². The third-order valence-electron chi connectivity index (χ3n) is 4.89. The van der Waals surface area contributed by atoms with Crippen LogP contribution in [0.3, 0.4) is 0 Å². The molecule has 12 heteroatoms. The second-order valence-electron chi connectivity index (χ2n) is 7.08. The van der Waals surface area contributed by atoms with Gasteiger partial charge in [-0.3, -0.25) is 14.4 Å². The van der Waals surface area contributed by atoms with Crippen LogP contribution in [0.1, 0.15) is 40.5 Å². The van der Waals surface area contributed by atoms with Gasteiger partial charge >= 0.3 is 0 Å². The first-order chi connectivity index (χ1) is 15.7. The lowest BCUT2D eigenvalue weighted by Crippen LogP contribution is -2.29. The van der Waals surface area contributed by atoms with E-state index in [0.717, 1.165) is 27.4 Å². The van der Waals surface area contributed by atoms with Gasteiger partial charge in [-0.2, -0.15) is 0 Å². The van der Waals surface area contributed by atoms with Gasteiger partial charge in [0.1, 0.15) is 0 Å². The Morgan fingerprint density at radius 1 is 1.06 bits per heavy atom. The van der Waals surface area contributed by atoms with Gasteiger partial charge in [0.05, 0.1) is 32.8 Å². The maximum atomic E-state index is 13.2. The molecule has 0 unspecified atom stereocenters. The molecule has 33 heavy (non-hydrogen) atoms. The van der Waals surface area contributed by atoms with E-state index in [-0.39, 0.29) is 5.91 Å². The largest absolute Gasteiger partial charge is 0.355 e. The first kappa shape index (κ1) is 25.3. The highest BCUT2D eigenvalue weighted by Gasteiger charge is 2.42. The quantitative estimate of drug-likeness (QED) is 0.0916. The number of rotatable bonds is 7. The summed E-state index contributed by atoms with van der Waals surface area (Å²) in [4.78, 5) is 44.2. The maximum absolute atomic E-state index is 13.2. The Balaban J connectivity index is 1.59. The third kappa shape index (κ3) is 4.84. The zero-order chi connectivity index (χ0) is 23.9. The Morgan fingerprint density at radius 2 is 1.70 bits per heavy atom. The summed E-state index contributed by atoms with van der Waals surface area (Å²) in [6.07, 6.45) is 1.99. The SMILES string of the molecule is CCCCNC(=O)CSc1nc2ccc(N3C(=O)c4c(Br)c(Br)c(Br)c(Br)c4C3=O)cc2s1. The molecule has 0 saturated carbocycles. The molecule has 0 radical (unpaired) electrons. The van der Waals surface area contributed by atoms with E-state index in [0.29, 0.717) is 47.0 Å². The number of anilines is 1. The van der Waals surface area contributed by atoms with Crippen molar-refractivity contribution in [1.29, 1.82) is 0 Å². The number of amides is 3. The van der Waals surface area contributed by atoms with Crippen molar-refractivity contribution in [1.82, 2.24) is 10.3 Å². The first-order valence-electron chi connectivity index (χ1n) is 9.79. The molecule has 1 aliphatic rings. The van der Waals surface area contributed by atoms with Crippen LogP contribution in [0.2, 0.25) is 0 Å². The third-order valence-corrected chi connectivity index (χ3v) is 11.8. The zero-order valence-corrected chi connectivity index (χ0v) is 25.0. The standard InChI is InChI=1S/C21H15Br4N3O3S2/c1-2-3-6-26-12(29)8-32-21-27-10-5-4-9(7-11(10)33-21)28-19(30)13-14(20(28)31)16(23)18(25)17(24)15(13)22/h4-5,7H,2-3,6,8H2,1H3,(H,26,29). The number of unbranched alkanes of at least 4 members (excludes halogenated alkanes) is 1. The van der Waals surface area contributed by atoms with Gasteiger partial charge in [-0.15, -0.1) is 11.3 Å². The summed E-state index contributed by atoms with van der Waals surface area (Å²) in [6, 6.07) is 5.28. The predicted molar refractivity (Wildman–Crippen MR) is 147 cm³/mol. The molecule has 0 spiro atoms. The summed E-state index contributed by atoms with van der Waals surface area (Å²) >= 11 is 16.6.